The van der Waals surface area contributed by atoms with Crippen molar-refractivity contribution < 1.29 is 65.2 Å². The largest absolute Gasteiger partial charge is 0.446 e. The number of carbonyl (C=O) groups excluding carboxylic acids is 4. The number of hydrogen-bond donors (Lipinski definition) is 8. The maximum Gasteiger partial charge on any atom is 0.446 e. The van der Waals surface area contributed by atoms with Crippen molar-refractivity contribution in [2.75, 3.05) is 78.5 Å². The van der Waals surface area contributed by atoms with Crippen LogP contribution in [0.4, 0.5) is 56.9 Å². The Hall–Kier alpha value is -6.52. The lowest BCUT2D eigenvalue weighted by Gasteiger charge is -2.69. The van der Waals surface area contributed by atoms with E-state index < -0.39 is 85.4 Å². The van der Waals surface area contributed by atoms with Gasteiger partial charge in [-0.05, 0) is 35.4 Å². The maximum atomic E-state index is 14.9. The number of piperazine rings is 2. The number of benzene rings is 2. The molecule has 2 aromatic rings. The Bertz CT molecular complexity index is 2060. The summed E-state index contributed by atoms with van der Waals surface area (Å²) in [5.74, 6) is -9.26. The standard InChI is InChI=1S/C38H48F6N14O8/c39-37(40,41)35(63)33(19-57(20-33)31(61)55-13-9-53(10-14-55)29(59)49-17-23-1-5-25(6-2-23)51-27(45)46)65-36(64,38(42,43)44)34(66-35)21-58(22-34)32(62)56-15-11-54(12-16-56)30(60)50-18-24-3-7-26(8-4-24)52-28(47)48/h1-8,63-64H,9-22H2,(H,49,59)(H,50,60)(H4,45,46,51)(H4,47,48,52)/t35-,36-/m0/s1. The molecular formula is C38H48F6N14O8. The fraction of sp³-hybridized carbons (Fsp3) is 0.526. The Labute approximate surface area is 371 Å². The fourth-order valence-electron chi connectivity index (χ4n) is 8.35. The zero-order chi connectivity index (χ0) is 48.0. The molecule has 0 saturated carbocycles. The number of urea groups is 4. The van der Waals surface area contributed by atoms with Gasteiger partial charge >= 0.3 is 36.5 Å². The molecule has 8 amide bonds. The van der Waals surface area contributed by atoms with Gasteiger partial charge in [0.1, 0.15) is 0 Å². The molecule has 7 rings (SSSR count). The topological polar surface area (TPSA) is 300 Å². The molecule has 5 aliphatic heterocycles. The summed E-state index contributed by atoms with van der Waals surface area (Å²) in [6.45, 7) is -5.37. The number of likely N-dealkylation sites (tertiary alicyclic amines) is 2. The predicted octanol–water partition coefficient (Wildman–Crippen LogP) is -0.252. The first kappa shape index (κ1) is 47.4. The Kier molecular flexibility index (Phi) is 12.5. The van der Waals surface area contributed by atoms with Gasteiger partial charge in [0.05, 0.1) is 37.6 Å². The molecule has 5 heterocycles. The van der Waals surface area contributed by atoms with Crippen molar-refractivity contribution in [1.29, 1.82) is 0 Å². The average molecular weight is 943 g/mol. The first-order valence-electron chi connectivity index (χ1n) is 20.4. The highest BCUT2D eigenvalue weighted by atomic mass is 19.4. The van der Waals surface area contributed by atoms with E-state index in [2.05, 4.69) is 20.6 Å². The highest BCUT2D eigenvalue weighted by Crippen LogP contribution is 2.61. The number of nitrogens with two attached hydrogens (primary N) is 4. The first-order chi connectivity index (χ1) is 30.9. The van der Waals surface area contributed by atoms with E-state index in [1.54, 1.807) is 48.5 Å². The van der Waals surface area contributed by atoms with Gasteiger partial charge in [-0.25, -0.2) is 29.2 Å². The lowest BCUT2D eigenvalue weighted by atomic mass is 9.75. The number of carbonyl (C=O) groups is 4. The summed E-state index contributed by atoms with van der Waals surface area (Å²) in [7, 11) is 0. The number of guanidine groups is 2. The van der Waals surface area contributed by atoms with Crippen LogP contribution in [0, 0.1) is 0 Å². The highest BCUT2D eigenvalue weighted by Gasteiger charge is 2.88. The molecule has 22 nitrogen and oxygen atoms in total. The predicted molar refractivity (Wildman–Crippen MR) is 218 cm³/mol. The molecule has 0 aromatic heterocycles. The van der Waals surface area contributed by atoms with Gasteiger partial charge in [0.2, 0.25) is 0 Å². The molecule has 66 heavy (non-hydrogen) atoms. The number of ether oxygens (including phenoxy) is 2. The number of nitrogens with zero attached hydrogens (tertiary/aromatic N) is 8. The molecule has 2 aromatic carbocycles. The third kappa shape index (κ3) is 8.91. The second kappa shape index (κ2) is 17.4. The van der Waals surface area contributed by atoms with Crippen molar-refractivity contribution >= 4 is 47.4 Å². The van der Waals surface area contributed by atoms with Crippen LogP contribution in [0.25, 0.3) is 0 Å². The molecular weight excluding hydrogens is 894 g/mol. The van der Waals surface area contributed by atoms with Gasteiger partial charge in [0.15, 0.2) is 23.1 Å². The third-order valence-electron chi connectivity index (χ3n) is 12.0. The number of nitrogens with one attached hydrogen (secondary N) is 2. The van der Waals surface area contributed by atoms with Crippen LogP contribution in [0.15, 0.2) is 58.5 Å². The molecule has 5 aliphatic rings. The Morgan fingerprint density at radius 2 is 0.818 bits per heavy atom. The van der Waals surface area contributed by atoms with Gasteiger partial charge in [-0.2, -0.15) is 26.3 Å². The van der Waals surface area contributed by atoms with E-state index in [1.165, 1.54) is 9.80 Å². The second-order valence-corrected chi connectivity index (χ2v) is 16.4. The van der Waals surface area contributed by atoms with Crippen LogP contribution in [0.3, 0.4) is 0 Å². The molecule has 12 N–H and O–H groups in total. The SMILES string of the molecule is NC(N)=Nc1ccc(CNC(=O)N2CCN(C(=O)N3CC4(C3)O[C@](O)(C(F)(F)F)C3(CN(C(=O)N5CCN(C(=O)NCc6ccc(N=C(N)N)cc6)CC5)C3)O[C@]4(O)C(F)(F)F)CC2)cc1. The zero-order valence-electron chi connectivity index (χ0n) is 35.0. The van der Waals surface area contributed by atoms with Gasteiger partial charge in [-0.3, -0.25) is 0 Å². The lowest BCUT2D eigenvalue weighted by Crippen LogP contribution is -2.93. The summed E-state index contributed by atoms with van der Waals surface area (Å²) in [6, 6.07) is 10.5. The number of amides is 8. The van der Waals surface area contributed by atoms with Crippen molar-refractivity contribution in [2.24, 2.45) is 32.9 Å². The van der Waals surface area contributed by atoms with Crippen LogP contribution in [0.1, 0.15) is 11.1 Å². The van der Waals surface area contributed by atoms with Crippen molar-refractivity contribution in [3.63, 3.8) is 0 Å². The van der Waals surface area contributed by atoms with E-state index in [4.69, 9.17) is 32.4 Å². The average Bonchev–Trinajstić information content (AvgIpc) is 3.23. The van der Waals surface area contributed by atoms with Crippen LogP contribution in [0.2, 0.25) is 0 Å². The van der Waals surface area contributed by atoms with Crippen LogP contribution in [-0.2, 0) is 22.6 Å². The molecule has 2 spiro atoms. The second-order valence-electron chi connectivity index (χ2n) is 16.4. The molecule has 0 aliphatic carbocycles. The van der Waals surface area contributed by atoms with Gasteiger partial charge in [0, 0.05) is 65.4 Å². The maximum absolute atomic E-state index is 14.9. The summed E-state index contributed by atoms with van der Waals surface area (Å²) in [5, 5.41) is 27.9. The number of halogens is 6. The highest BCUT2D eigenvalue weighted by molar-refractivity contribution is 5.80. The molecule has 2 atom stereocenters. The number of aliphatic hydroxyl groups is 2. The normalized spacial score (nSPS) is 23.7. The minimum atomic E-state index is -5.84. The van der Waals surface area contributed by atoms with E-state index in [9.17, 15) is 55.7 Å². The number of aliphatic imine (C=N–C) groups is 2. The molecule has 5 fully saturated rings. The summed E-state index contributed by atoms with van der Waals surface area (Å²) in [5.41, 5.74) is 17.2. The van der Waals surface area contributed by atoms with Crippen molar-refractivity contribution in [3.05, 3.63) is 59.7 Å². The zero-order valence-corrected chi connectivity index (χ0v) is 35.0. The van der Waals surface area contributed by atoms with Crippen molar-refractivity contribution in [1.82, 2.24) is 40.0 Å². The van der Waals surface area contributed by atoms with Crippen LogP contribution >= 0.6 is 0 Å². The molecule has 28 heteroatoms. The number of alkyl halides is 6. The molecule has 0 radical (unpaired) electrons. The Morgan fingerprint density at radius 3 is 1.09 bits per heavy atom. The van der Waals surface area contributed by atoms with E-state index in [0.717, 1.165) is 9.80 Å². The number of hydrogen-bond acceptors (Lipinski definition) is 10. The quantitative estimate of drug-likeness (QED) is 0.106. The molecule has 0 bridgehead atoms. The van der Waals surface area contributed by atoms with Gasteiger partial charge < -0.3 is 82.7 Å². The van der Waals surface area contributed by atoms with Gasteiger partial charge in [0.25, 0.3) is 11.6 Å². The lowest BCUT2D eigenvalue weighted by molar-refractivity contribution is -0.581. The van der Waals surface area contributed by atoms with Crippen LogP contribution < -0.4 is 33.6 Å². The molecule has 360 valence electrons. The van der Waals surface area contributed by atoms with Gasteiger partial charge in [-0.1, -0.05) is 24.3 Å². The number of rotatable bonds is 6. The third-order valence-corrected chi connectivity index (χ3v) is 12.0. The first-order valence-corrected chi connectivity index (χ1v) is 20.4. The summed E-state index contributed by atoms with van der Waals surface area (Å²) >= 11 is 0. The van der Waals surface area contributed by atoms with Crippen LogP contribution in [0.5, 0.6) is 0 Å². The summed E-state index contributed by atoms with van der Waals surface area (Å²) in [6.07, 6.45) is -11.7. The smallest absolute Gasteiger partial charge is 0.370 e. The van der Waals surface area contributed by atoms with Crippen LogP contribution in [-0.4, -0.2) is 189 Å². The van der Waals surface area contributed by atoms with E-state index in [0.29, 0.717) is 32.3 Å². The summed E-state index contributed by atoms with van der Waals surface area (Å²) in [4.78, 5) is 66.8. The van der Waals surface area contributed by atoms with Gasteiger partial charge in [-0.15, -0.1) is 0 Å². The summed E-state index contributed by atoms with van der Waals surface area (Å²) < 4.78 is 99.1. The monoisotopic (exact) mass is 942 g/mol. The van der Waals surface area contributed by atoms with E-state index >= 15 is 0 Å². The minimum Gasteiger partial charge on any atom is -0.370 e. The molecule has 5 saturated heterocycles. The molecule has 0 unspecified atom stereocenters. The Morgan fingerprint density at radius 1 is 0.530 bits per heavy atom. The Balaban J connectivity index is 0.929. The fourth-order valence-corrected chi connectivity index (χ4v) is 8.35. The van der Waals surface area contributed by atoms with E-state index in [1.807, 2.05) is 0 Å². The van der Waals surface area contributed by atoms with Crippen molar-refractivity contribution in [2.45, 2.75) is 48.2 Å². The van der Waals surface area contributed by atoms with Crippen molar-refractivity contribution in [3.8, 4) is 0 Å². The van der Waals surface area contributed by atoms with E-state index in [-0.39, 0.29) is 77.4 Å². The minimum absolute atomic E-state index is 0.0115.